The first kappa shape index (κ1) is 32.9. The van der Waals surface area contributed by atoms with Crippen molar-refractivity contribution in [3.05, 3.63) is 45.8 Å². The van der Waals surface area contributed by atoms with Gasteiger partial charge in [0, 0.05) is 81.2 Å². The van der Waals surface area contributed by atoms with Gasteiger partial charge in [0.15, 0.2) is 0 Å². The third-order valence-corrected chi connectivity index (χ3v) is 13.3. The number of aliphatic hydroxyl groups is 1. The van der Waals surface area contributed by atoms with Gasteiger partial charge in [-0.2, -0.15) is 0 Å². The Morgan fingerprint density at radius 2 is 1.52 bits per heavy atom. The molecule has 2 aromatic heterocycles. The number of aliphatic hydroxyl groups excluding tert-OH is 1. The SMILES string of the molecule is Cc1cc(C)cc(-c2[nH]c3sc(C(C)(C)C(=O)N4C5CCC4CC5)cc3c2CCN2CCN(CC(O)CN3C[C@@H]4OCO[C@@H]4C3)CC2)c1. The van der Waals surface area contributed by atoms with Crippen LogP contribution in [-0.2, 0) is 26.1 Å². The van der Waals surface area contributed by atoms with E-state index in [2.05, 4.69) is 76.5 Å². The number of aromatic amines is 1. The Hall–Kier alpha value is -2.31. The summed E-state index contributed by atoms with van der Waals surface area (Å²) in [5.74, 6) is 0.307. The van der Waals surface area contributed by atoms with Crippen LogP contribution in [0.25, 0.3) is 21.5 Å². The van der Waals surface area contributed by atoms with Crippen LogP contribution in [0.15, 0.2) is 24.3 Å². The number of rotatable bonds is 10. The maximum Gasteiger partial charge on any atom is 0.233 e. The zero-order chi connectivity index (χ0) is 33.2. The number of fused-ring (bicyclic) bond motifs is 4. The number of amides is 1. The number of hydrogen-bond acceptors (Lipinski definition) is 8. The van der Waals surface area contributed by atoms with E-state index in [0.717, 1.165) is 57.1 Å². The van der Waals surface area contributed by atoms with E-state index >= 15 is 0 Å². The number of nitrogens with one attached hydrogen (secondary N) is 1. The lowest BCUT2D eigenvalue weighted by atomic mass is 9.88. The summed E-state index contributed by atoms with van der Waals surface area (Å²) in [5.41, 5.74) is 5.84. The van der Waals surface area contributed by atoms with Crippen LogP contribution in [0.2, 0.25) is 0 Å². The lowest BCUT2D eigenvalue weighted by Crippen LogP contribution is -2.50. The standard InChI is InChI=1S/C38H53N5O4S/c1-24-15-25(2)17-26(16-24)35-30(31-18-34(48-36(31)39-35)38(3,4)37(45)43-27-5-6-28(43)8-7-27)9-10-40-11-13-41(14-12-40)19-29(44)20-42-21-32-33(22-42)47-23-46-32/h15-18,27-29,32-33,39,44H,5-14,19-23H2,1-4H3/t27?,28?,29?,32-,33+. The van der Waals surface area contributed by atoms with Gasteiger partial charge in [0.1, 0.15) is 23.8 Å². The van der Waals surface area contributed by atoms with Crippen LogP contribution in [-0.4, -0.2) is 132 Å². The van der Waals surface area contributed by atoms with Gasteiger partial charge in [-0.15, -0.1) is 11.3 Å². The molecule has 1 amide bonds. The first-order chi connectivity index (χ1) is 23.1. The number of thiophene rings is 1. The highest BCUT2D eigenvalue weighted by Crippen LogP contribution is 2.44. The molecule has 2 N–H and O–H groups in total. The first-order valence-electron chi connectivity index (χ1n) is 18.3. The van der Waals surface area contributed by atoms with E-state index in [0.29, 0.717) is 37.9 Å². The Bertz CT molecular complexity index is 1590. The van der Waals surface area contributed by atoms with Crippen molar-refractivity contribution in [2.45, 2.75) is 95.6 Å². The van der Waals surface area contributed by atoms with Gasteiger partial charge in [-0.25, -0.2) is 0 Å². The first-order valence-corrected chi connectivity index (χ1v) is 19.1. The average Bonchev–Trinajstić information content (AvgIpc) is 3.89. The van der Waals surface area contributed by atoms with Crippen molar-refractivity contribution in [2.24, 2.45) is 0 Å². The minimum Gasteiger partial charge on any atom is -0.390 e. The second-order valence-corrected chi connectivity index (χ2v) is 16.9. The van der Waals surface area contributed by atoms with Gasteiger partial charge < -0.3 is 29.4 Å². The minimum absolute atomic E-state index is 0.164. The van der Waals surface area contributed by atoms with E-state index in [1.165, 1.54) is 63.8 Å². The van der Waals surface area contributed by atoms with Crippen molar-refractivity contribution in [2.75, 3.05) is 65.7 Å². The average molecular weight is 676 g/mol. The van der Waals surface area contributed by atoms with Crippen molar-refractivity contribution < 1.29 is 19.4 Å². The van der Waals surface area contributed by atoms with Crippen LogP contribution in [0.4, 0.5) is 0 Å². The lowest BCUT2D eigenvalue weighted by Gasteiger charge is -2.36. The van der Waals surface area contributed by atoms with Gasteiger partial charge in [-0.3, -0.25) is 14.6 Å². The van der Waals surface area contributed by atoms with Gasteiger partial charge in [0.05, 0.1) is 17.2 Å². The van der Waals surface area contributed by atoms with Crippen molar-refractivity contribution in [1.29, 1.82) is 0 Å². The number of β-amino-alcohol motifs (C(OH)–C–C–N with tert-alkyl or cyclic N) is 1. The fraction of sp³-hybridized carbons (Fsp3) is 0.658. The molecule has 0 aliphatic carbocycles. The van der Waals surface area contributed by atoms with Crippen molar-refractivity contribution in [1.82, 2.24) is 24.6 Å². The zero-order valence-corrected chi connectivity index (χ0v) is 30.0. The molecule has 9 nitrogen and oxygen atoms in total. The van der Waals surface area contributed by atoms with Gasteiger partial charge in [-0.05, 0) is 89.1 Å². The number of hydrogen-bond donors (Lipinski definition) is 2. The van der Waals surface area contributed by atoms with Crippen molar-refractivity contribution in [3.63, 3.8) is 0 Å². The molecule has 48 heavy (non-hydrogen) atoms. The number of ether oxygens (including phenoxy) is 2. The molecule has 0 saturated carbocycles. The molecule has 5 aliphatic heterocycles. The normalized spacial score (nSPS) is 27.5. The number of aromatic nitrogens is 1. The molecule has 5 fully saturated rings. The summed E-state index contributed by atoms with van der Waals surface area (Å²) >= 11 is 1.77. The second-order valence-electron chi connectivity index (χ2n) is 15.8. The smallest absolute Gasteiger partial charge is 0.233 e. The summed E-state index contributed by atoms with van der Waals surface area (Å²) in [6.45, 7) is 17.1. The van der Waals surface area contributed by atoms with E-state index in [-0.39, 0.29) is 18.3 Å². The summed E-state index contributed by atoms with van der Waals surface area (Å²) in [4.78, 5) is 29.7. The summed E-state index contributed by atoms with van der Waals surface area (Å²) < 4.78 is 11.3. The van der Waals surface area contributed by atoms with Crippen LogP contribution in [0.3, 0.4) is 0 Å². The molecule has 3 aromatic rings. The van der Waals surface area contributed by atoms with Gasteiger partial charge in [0.25, 0.3) is 0 Å². The monoisotopic (exact) mass is 675 g/mol. The maximum atomic E-state index is 14.0. The van der Waals surface area contributed by atoms with E-state index in [4.69, 9.17) is 9.47 Å². The Morgan fingerprint density at radius 3 is 2.17 bits per heavy atom. The molecule has 7 heterocycles. The molecule has 0 radical (unpaired) electrons. The Kier molecular flexibility index (Phi) is 8.97. The highest BCUT2D eigenvalue weighted by Gasteiger charge is 2.47. The number of aryl methyl sites for hydroxylation is 2. The zero-order valence-electron chi connectivity index (χ0n) is 29.2. The van der Waals surface area contributed by atoms with E-state index < -0.39 is 5.41 Å². The van der Waals surface area contributed by atoms with Gasteiger partial charge >= 0.3 is 0 Å². The molecule has 5 aliphatic rings. The quantitative estimate of drug-likeness (QED) is 0.327. The Morgan fingerprint density at radius 1 is 0.917 bits per heavy atom. The largest absolute Gasteiger partial charge is 0.390 e. The summed E-state index contributed by atoms with van der Waals surface area (Å²) in [7, 11) is 0. The maximum absolute atomic E-state index is 14.0. The summed E-state index contributed by atoms with van der Waals surface area (Å²) in [6.07, 6.45) is 5.58. The van der Waals surface area contributed by atoms with Crippen molar-refractivity contribution >= 4 is 27.5 Å². The number of piperazine rings is 1. The predicted molar refractivity (Wildman–Crippen MR) is 191 cm³/mol. The topological polar surface area (TPSA) is 84.5 Å². The number of likely N-dealkylation sites (tertiary alicyclic amines) is 1. The molecular formula is C38H53N5O4S. The van der Waals surface area contributed by atoms with Crippen LogP contribution < -0.4 is 0 Å². The highest BCUT2D eigenvalue weighted by molar-refractivity contribution is 7.19. The van der Waals surface area contributed by atoms with Crippen LogP contribution in [0.5, 0.6) is 0 Å². The lowest BCUT2D eigenvalue weighted by molar-refractivity contribution is -0.137. The van der Waals surface area contributed by atoms with E-state index in [1.54, 1.807) is 11.3 Å². The minimum atomic E-state index is -0.538. The third kappa shape index (κ3) is 6.27. The van der Waals surface area contributed by atoms with Crippen LogP contribution in [0.1, 0.15) is 61.1 Å². The van der Waals surface area contributed by atoms with E-state index in [1.807, 2.05) is 0 Å². The predicted octanol–water partition coefficient (Wildman–Crippen LogP) is 4.52. The van der Waals surface area contributed by atoms with Crippen LogP contribution in [0, 0.1) is 13.8 Å². The molecule has 3 atom stereocenters. The molecule has 1 aromatic carbocycles. The molecule has 10 heteroatoms. The number of carbonyl (C=O) groups is 1. The fourth-order valence-electron chi connectivity index (χ4n) is 9.26. The molecular weight excluding hydrogens is 623 g/mol. The van der Waals surface area contributed by atoms with Crippen LogP contribution >= 0.6 is 11.3 Å². The van der Waals surface area contributed by atoms with Gasteiger partial charge in [0.2, 0.25) is 5.91 Å². The molecule has 0 spiro atoms. The van der Waals surface area contributed by atoms with Crippen molar-refractivity contribution in [3.8, 4) is 11.3 Å². The molecule has 1 unspecified atom stereocenters. The van der Waals surface area contributed by atoms with Gasteiger partial charge in [-0.1, -0.05) is 17.2 Å². The molecule has 260 valence electrons. The fourth-order valence-corrected chi connectivity index (χ4v) is 10.4. The second kappa shape index (κ2) is 13.1. The molecule has 2 bridgehead atoms. The number of carbonyl (C=O) groups excluding carboxylic acids is 1. The Labute approximate surface area is 289 Å². The molecule has 8 rings (SSSR count). The number of nitrogens with zero attached hydrogens (tertiary/aromatic N) is 4. The third-order valence-electron chi connectivity index (χ3n) is 11.9. The number of benzene rings is 1. The van der Waals surface area contributed by atoms with E-state index in [9.17, 15) is 9.90 Å². The highest BCUT2D eigenvalue weighted by atomic mass is 32.1. The summed E-state index contributed by atoms with van der Waals surface area (Å²) in [6, 6.07) is 10.0. The summed E-state index contributed by atoms with van der Waals surface area (Å²) in [5, 5.41) is 12.2. The Balaban J connectivity index is 0.948. The molecule has 5 saturated heterocycles. The number of H-pyrrole nitrogens is 1.